The zero-order valence-corrected chi connectivity index (χ0v) is 10.3. The van der Waals surface area contributed by atoms with E-state index in [9.17, 15) is 18.0 Å². The lowest BCUT2D eigenvalue weighted by molar-refractivity contribution is -0.216. The first-order chi connectivity index (χ1) is 8.15. The van der Waals surface area contributed by atoms with Crippen LogP contribution in [-0.2, 0) is 4.79 Å². The SMILES string of the molecule is CC(C)(C#N)CNC(=O)C1(C(F)(F)F)CCNC1. The normalized spacial score (nSPS) is 24.7. The summed E-state index contributed by atoms with van der Waals surface area (Å²) in [4.78, 5) is 11.8. The molecule has 7 heteroatoms. The Kier molecular flexibility index (Phi) is 3.91. The summed E-state index contributed by atoms with van der Waals surface area (Å²) >= 11 is 0. The second-order valence-electron chi connectivity index (χ2n) is 5.19. The first-order valence-electron chi connectivity index (χ1n) is 5.62. The van der Waals surface area contributed by atoms with Crippen molar-refractivity contribution in [2.75, 3.05) is 19.6 Å². The van der Waals surface area contributed by atoms with Gasteiger partial charge in [0.1, 0.15) is 0 Å². The van der Waals surface area contributed by atoms with Crippen LogP contribution in [0.2, 0.25) is 0 Å². The monoisotopic (exact) mass is 263 g/mol. The van der Waals surface area contributed by atoms with Crippen molar-refractivity contribution in [2.45, 2.75) is 26.4 Å². The molecular formula is C11H16F3N3O. The maximum Gasteiger partial charge on any atom is 0.404 e. The van der Waals surface area contributed by atoms with Crippen molar-refractivity contribution >= 4 is 5.91 Å². The smallest absolute Gasteiger partial charge is 0.354 e. The summed E-state index contributed by atoms with van der Waals surface area (Å²) in [5.74, 6) is -1.05. The Morgan fingerprint density at radius 1 is 1.50 bits per heavy atom. The van der Waals surface area contributed by atoms with E-state index in [2.05, 4.69) is 10.6 Å². The fraction of sp³-hybridized carbons (Fsp3) is 0.818. The number of hydrogen-bond donors (Lipinski definition) is 2. The number of nitrogens with zero attached hydrogens (tertiary/aromatic N) is 1. The van der Waals surface area contributed by atoms with Gasteiger partial charge in [-0.15, -0.1) is 0 Å². The molecular weight excluding hydrogens is 247 g/mol. The molecule has 4 nitrogen and oxygen atoms in total. The van der Waals surface area contributed by atoms with E-state index >= 15 is 0 Å². The summed E-state index contributed by atoms with van der Waals surface area (Å²) in [6, 6.07) is 1.93. The molecule has 0 aromatic heterocycles. The van der Waals surface area contributed by atoms with Gasteiger partial charge in [0.25, 0.3) is 0 Å². The minimum absolute atomic E-state index is 0.0971. The predicted molar refractivity (Wildman–Crippen MR) is 58.4 cm³/mol. The molecule has 0 spiro atoms. The van der Waals surface area contributed by atoms with Crippen LogP contribution < -0.4 is 10.6 Å². The van der Waals surface area contributed by atoms with E-state index in [4.69, 9.17) is 5.26 Å². The first kappa shape index (κ1) is 14.8. The molecule has 1 atom stereocenters. The van der Waals surface area contributed by atoms with Crippen LogP contribution in [0.1, 0.15) is 20.3 Å². The lowest BCUT2D eigenvalue weighted by Gasteiger charge is -2.30. The molecule has 0 aromatic carbocycles. The molecule has 1 aliphatic heterocycles. The third-order valence-corrected chi connectivity index (χ3v) is 3.13. The van der Waals surface area contributed by atoms with E-state index in [0.29, 0.717) is 0 Å². The second kappa shape index (κ2) is 4.76. The number of hydrogen-bond acceptors (Lipinski definition) is 3. The highest BCUT2D eigenvalue weighted by atomic mass is 19.4. The molecule has 1 saturated heterocycles. The molecule has 1 rings (SSSR count). The van der Waals surface area contributed by atoms with E-state index in [-0.39, 0.29) is 19.5 Å². The van der Waals surface area contributed by atoms with Gasteiger partial charge >= 0.3 is 6.18 Å². The lowest BCUT2D eigenvalue weighted by atomic mass is 9.84. The van der Waals surface area contributed by atoms with Crippen molar-refractivity contribution in [3.05, 3.63) is 0 Å². The molecule has 1 unspecified atom stereocenters. The second-order valence-corrected chi connectivity index (χ2v) is 5.19. The Bertz CT molecular complexity index is 365. The summed E-state index contributed by atoms with van der Waals surface area (Å²) in [7, 11) is 0. The van der Waals surface area contributed by atoms with Gasteiger partial charge in [0.15, 0.2) is 5.41 Å². The maximum absolute atomic E-state index is 13.0. The van der Waals surface area contributed by atoms with E-state index < -0.39 is 29.5 Å². The van der Waals surface area contributed by atoms with E-state index in [1.807, 2.05) is 6.07 Å². The van der Waals surface area contributed by atoms with Crippen molar-refractivity contribution in [1.82, 2.24) is 10.6 Å². The molecule has 1 amide bonds. The highest BCUT2D eigenvalue weighted by molar-refractivity contribution is 5.84. The minimum Gasteiger partial charge on any atom is -0.354 e. The van der Waals surface area contributed by atoms with Gasteiger partial charge < -0.3 is 10.6 Å². The number of alkyl halides is 3. The third kappa shape index (κ3) is 2.75. The van der Waals surface area contributed by atoms with Gasteiger partial charge in [-0.3, -0.25) is 4.79 Å². The standard InChI is InChI=1S/C11H16F3N3O/c1-9(2,5-15)6-17-8(18)10(11(12,13)14)3-4-16-7-10/h16H,3-4,6-7H2,1-2H3,(H,17,18). The summed E-state index contributed by atoms with van der Waals surface area (Å²) < 4.78 is 39.0. The molecule has 0 bridgehead atoms. The Balaban J connectivity index is 2.78. The molecule has 2 N–H and O–H groups in total. The lowest BCUT2D eigenvalue weighted by Crippen LogP contribution is -2.53. The number of rotatable bonds is 3. The van der Waals surface area contributed by atoms with Crippen molar-refractivity contribution in [2.24, 2.45) is 10.8 Å². The average Bonchev–Trinajstić information content (AvgIpc) is 2.75. The van der Waals surface area contributed by atoms with E-state index in [1.165, 1.54) is 0 Å². The van der Waals surface area contributed by atoms with Gasteiger partial charge in [-0.25, -0.2) is 0 Å². The van der Waals surface area contributed by atoms with Crippen molar-refractivity contribution < 1.29 is 18.0 Å². The van der Waals surface area contributed by atoms with Crippen LogP contribution in [0, 0.1) is 22.2 Å². The van der Waals surface area contributed by atoms with Crippen LogP contribution in [0.5, 0.6) is 0 Å². The topological polar surface area (TPSA) is 64.9 Å². The quantitative estimate of drug-likeness (QED) is 0.804. The van der Waals surface area contributed by atoms with Gasteiger partial charge in [0, 0.05) is 13.1 Å². The number of carbonyl (C=O) groups is 1. The predicted octanol–water partition coefficient (Wildman–Crippen LogP) is 1.19. The molecule has 1 heterocycles. The molecule has 0 aliphatic carbocycles. The van der Waals surface area contributed by atoms with Gasteiger partial charge in [-0.05, 0) is 26.8 Å². The number of carbonyl (C=O) groups excluding carboxylic acids is 1. The van der Waals surface area contributed by atoms with Crippen LogP contribution in [0.25, 0.3) is 0 Å². The van der Waals surface area contributed by atoms with Gasteiger partial charge in [0.2, 0.25) is 5.91 Å². The fourth-order valence-corrected chi connectivity index (χ4v) is 1.77. The van der Waals surface area contributed by atoms with E-state index in [1.54, 1.807) is 13.8 Å². The summed E-state index contributed by atoms with van der Waals surface area (Å²) in [6.45, 7) is 2.77. The van der Waals surface area contributed by atoms with Crippen LogP contribution in [0.15, 0.2) is 0 Å². The number of halogens is 3. The Morgan fingerprint density at radius 2 is 2.11 bits per heavy atom. The van der Waals surface area contributed by atoms with Crippen molar-refractivity contribution in [1.29, 1.82) is 5.26 Å². The fourth-order valence-electron chi connectivity index (χ4n) is 1.77. The zero-order chi connectivity index (χ0) is 14.0. The minimum atomic E-state index is -4.59. The Labute approximate surface area is 104 Å². The van der Waals surface area contributed by atoms with Crippen LogP contribution >= 0.6 is 0 Å². The average molecular weight is 263 g/mol. The Morgan fingerprint density at radius 3 is 2.50 bits per heavy atom. The van der Waals surface area contributed by atoms with Crippen LogP contribution in [0.4, 0.5) is 13.2 Å². The summed E-state index contributed by atoms with van der Waals surface area (Å²) in [5, 5.41) is 13.6. The molecule has 0 aromatic rings. The Hall–Kier alpha value is -1.29. The third-order valence-electron chi connectivity index (χ3n) is 3.13. The first-order valence-corrected chi connectivity index (χ1v) is 5.62. The highest BCUT2D eigenvalue weighted by Crippen LogP contribution is 2.43. The van der Waals surface area contributed by atoms with Crippen LogP contribution in [0.3, 0.4) is 0 Å². The highest BCUT2D eigenvalue weighted by Gasteiger charge is 2.61. The van der Waals surface area contributed by atoms with Crippen LogP contribution in [-0.4, -0.2) is 31.7 Å². The molecule has 102 valence electrons. The number of amides is 1. The number of nitriles is 1. The maximum atomic E-state index is 13.0. The summed E-state index contributed by atoms with van der Waals surface area (Å²) in [5.41, 5.74) is -3.24. The molecule has 1 aliphatic rings. The van der Waals surface area contributed by atoms with E-state index in [0.717, 1.165) is 0 Å². The largest absolute Gasteiger partial charge is 0.404 e. The number of nitrogens with one attached hydrogen (secondary N) is 2. The van der Waals surface area contributed by atoms with Gasteiger partial charge in [-0.1, -0.05) is 0 Å². The molecule has 18 heavy (non-hydrogen) atoms. The van der Waals surface area contributed by atoms with Gasteiger partial charge in [0.05, 0.1) is 11.5 Å². The van der Waals surface area contributed by atoms with Crippen molar-refractivity contribution in [3.8, 4) is 6.07 Å². The summed E-state index contributed by atoms with van der Waals surface area (Å²) in [6.07, 6.45) is -4.85. The molecule has 1 fully saturated rings. The molecule has 0 saturated carbocycles. The zero-order valence-electron chi connectivity index (χ0n) is 10.3. The van der Waals surface area contributed by atoms with Crippen molar-refractivity contribution in [3.63, 3.8) is 0 Å². The van der Waals surface area contributed by atoms with Gasteiger partial charge in [-0.2, -0.15) is 18.4 Å². The molecule has 0 radical (unpaired) electrons.